The van der Waals surface area contributed by atoms with Crippen LogP contribution in [-0.2, 0) is 38.1 Å². The molecule has 0 aliphatic carbocycles. The molecule has 14 nitrogen and oxygen atoms in total. The smallest absolute Gasteiger partial charge is 0.354 e. The lowest BCUT2D eigenvalue weighted by atomic mass is 9.78. The van der Waals surface area contributed by atoms with Crippen LogP contribution in [0.1, 0.15) is 60.2 Å². The van der Waals surface area contributed by atoms with Gasteiger partial charge in [0, 0.05) is 23.0 Å². The molecule has 0 saturated carbocycles. The van der Waals surface area contributed by atoms with Crippen molar-refractivity contribution in [2.45, 2.75) is 62.9 Å². The number of cyclic esters (lactones) is 2. The molecule has 4 heterocycles. The van der Waals surface area contributed by atoms with Crippen molar-refractivity contribution in [1.29, 1.82) is 0 Å². The van der Waals surface area contributed by atoms with Gasteiger partial charge in [0.15, 0.2) is 23.8 Å². The van der Waals surface area contributed by atoms with E-state index in [-0.39, 0.29) is 46.6 Å². The van der Waals surface area contributed by atoms with Crippen LogP contribution in [0.5, 0.6) is 23.0 Å². The number of carbonyl (C=O) groups is 6. The molecule has 2 N–H and O–H groups in total. The Balaban J connectivity index is 1.57. The van der Waals surface area contributed by atoms with E-state index in [4.69, 9.17) is 28.4 Å². The Labute approximate surface area is 261 Å². The minimum Gasteiger partial charge on any atom is -0.507 e. The minimum absolute atomic E-state index is 0.00675. The first-order valence-corrected chi connectivity index (χ1v) is 14.5. The summed E-state index contributed by atoms with van der Waals surface area (Å²) in [7, 11) is 2.16. The number of ether oxygens (including phenoxy) is 6. The van der Waals surface area contributed by atoms with Crippen LogP contribution in [0.3, 0.4) is 0 Å². The second-order valence-electron chi connectivity index (χ2n) is 12.0. The van der Waals surface area contributed by atoms with E-state index in [1.54, 1.807) is 13.8 Å². The fourth-order valence-electron chi connectivity index (χ4n) is 6.99. The summed E-state index contributed by atoms with van der Waals surface area (Å²) < 4.78 is 33.6. The number of ketones is 2. The maximum Gasteiger partial charge on any atom is 0.354 e. The summed E-state index contributed by atoms with van der Waals surface area (Å²) in [5.41, 5.74) is -4.90. The van der Waals surface area contributed by atoms with Gasteiger partial charge in [-0.1, -0.05) is 13.8 Å². The molecule has 0 radical (unpaired) electrons. The van der Waals surface area contributed by atoms with Crippen LogP contribution in [0.4, 0.5) is 0 Å². The van der Waals surface area contributed by atoms with Gasteiger partial charge >= 0.3 is 23.9 Å². The molecule has 4 aliphatic rings. The molecule has 0 amide bonds. The Morgan fingerprint density at radius 3 is 1.37 bits per heavy atom. The third-order valence-corrected chi connectivity index (χ3v) is 9.04. The Morgan fingerprint density at radius 1 is 0.696 bits per heavy atom. The molecule has 4 aliphatic heterocycles. The quantitative estimate of drug-likeness (QED) is 0.357. The van der Waals surface area contributed by atoms with Crippen molar-refractivity contribution in [3.8, 4) is 34.1 Å². The Kier molecular flexibility index (Phi) is 7.21. The molecule has 14 heteroatoms. The number of benzene rings is 2. The first-order valence-electron chi connectivity index (χ1n) is 14.5. The van der Waals surface area contributed by atoms with Crippen molar-refractivity contribution < 1.29 is 67.4 Å². The van der Waals surface area contributed by atoms with Gasteiger partial charge in [0.2, 0.25) is 11.2 Å². The van der Waals surface area contributed by atoms with E-state index in [0.29, 0.717) is 0 Å². The molecule has 0 bridgehead atoms. The van der Waals surface area contributed by atoms with Gasteiger partial charge in [-0.3, -0.25) is 19.2 Å². The summed E-state index contributed by atoms with van der Waals surface area (Å²) in [5, 5.41) is 21.6. The van der Waals surface area contributed by atoms with Crippen LogP contribution in [0.25, 0.3) is 11.1 Å². The first kappa shape index (κ1) is 30.9. The monoisotopic (exact) mass is 638 g/mol. The highest BCUT2D eigenvalue weighted by Gasteiger charge is 2.62. The number of esters is 4. The second kappa shape index (κ2) is 10.7. The maximum absolute atomic E-state index is 13.7. The minimum atomic E-state index is -2.15. The number of aromatic hydroxyl groups is 2. The molecule has 2 saturated heterocycles. The van der Waals surface area contributed by atoms with Gasteiger partial charge in [-0.25, -0.2) is 9.59 Å². The second-order valence-corrected chi connectivity index (χ2v) is 12.0. The highest BCUT2D eigenvalue weighted by molar-refractivity contribution is 6.11. The lowest BCUT2D eigenvalue weighted by Gasteiger charge is -2.41. The van der Waals surface area contributed by atoms with Crippen molar-refractivity contribution in [3.05, 3.63) is 35.4 Å². The summed E-state index contributed by atoms with van der Waals surface area (Å²) in [4.78, 5) is 78.7. The third kappa shape index (κ3) is 4.37. The summed E-state index contributed by atoms with van der Waals surface area (Å²) in [6.45, 7) is 3.29. The van der Waals surface area contributed by atoms with Gasteiger partial charge < -0.3 is 38.6 Å². The topological polar surface area (TPSA) is 198 Å². The number of phenolic OH excluding ortho intramolecular Hbond substituents is 2. The van der Waals surface area contributed by atoms with Gasteiger partial charge in [0.05, 0.1) is 39.9 Å². The van der Waals surface area contributed by atoms with Crippen molar-refractivity contribution in [1.82, 2.24) is 0 Å². The number of Topliss-reactive ketones (excluding diaryl/α,β-unsaturated/α-hetero) is 2. The van der Waals surface area contributed by atoms with E-state index in [1.807, 2.05) is 0 Å². The largest absolute Gasteiger partial charge is 0.507 e. The highest BCUT2D eigenvalue weighted by atomic mass is 16.6. The van der Waals surface area contributed by atoms with Crippen molar-refractivity contribution >= 4 is 35.4 Å². The standard InChI is InChI=1S/C32H30O14/c1-13-9-21(37)43-27(13)31(29(39)41-3)11-19(35)23-17(33)7-5-15(25(23)45-31)16-6-8-18(34)24-20(36)12-32(30(40)42-4,46-26(16)24)28-14(2)10-22(38)44-28/h5-8,13-14,27-28,33-34H,9-12H2,1-4H3. The summed E-state index contributed by atoms with van der Waals surface area (Å²) in [6, 6.07) is 5.03. The SMILES string of the molecule is COC(=O)C1(C2OC(=O)CC2C)CC(=O)c2c(O)ccc(-c3ccc(O)c4c3OC(C(=O)OC)(C3OC(=O)CC3C)CC4=O)c2O1. The van der Waals surface area contributed by atoms with E-state index < -0.39 is 95.0 Å². The molecule has 6 atom stereocenters. The molecule has 242 valence electrons. The van der Waals surface area contributed by atoms with Crippen LogP contribution >= 0.6 is 0 Å². The summed E-state index contributed by atoms with van der Waals surface area (Å²) >= 11 is 0. The van der Waals surface area contributed by atoms with Crippen molar-refractivity contribution in [2.75, 3.05) is 14.2 Å². The molecule has 2 fully saturated rings. The Bertz CT molecular complexity index is 1600. The molecule has 6 unspecified atom stereocenters. The zero-order chi connectivity index (χ0) is 33.3. The number of hydrogen-bond donors (Lipinski definition) is 2. The number of hydrogen-bond acceptors (Lipinski definition) is 14. The van der Waals surface area contributed by atoms with Crippen LogP contribution in [0, 0.1) is 11.8 Å². The lowest BCUT2D eigenvalue weighted by molar-refractivity contribution is -0.178. The van der Waals surface area contributed by atoms with Gasteiger partial charge in [0.1, 0.15) is 34.1 Å². The summed E-state index contributed by atoms with van der Waals surface area (Å²) in [6.07, 6.45) is -3.85. The first-order chi connectivity index (χ1) is 21.8. The average Bonchev–Trinajstić information content (AvgIpc) is 3.55. The Morgan fingerprint density at radius 2 is 1.07 bits per heavy atom. The van der Waals surface area contributed by atoms with Crippen LogP contribution in [-0.4, -0.2) is 83.3 Å². The van der Waals surface area contributed by atoms with E-state index in [0.717, 1.165) is 14.2 Å². The predicted octanol–water partition coefficient (Wildman–Crippen LogP) is 2.42. The number of carbonyl (C=O) groups excluding carboxylic acids is 6. The molecular formula is C32H30O14. The molecule has 46 heavy (non-hydrogen) atoms. The van der Waals surface area contributed by atoms with Gasteiger partial charge in [-0.15, -0.1) is 0 Å². The molecule has 2 aromatic carbocycles. The van der Waals surface area contributed by atoms with E-state index in [9.17, 15) is 39.0 Å². The third-order valence-electron chi connectivity index (χ3n) is 9.04. The lowest BCUT2D eigenvalue weighted by Crippen LogP contribution is -2.59. The molecular weight excluding hydrogens is 608 g/mol. The number of fused-ring (bicyclic) bond motifs is 2. The van der Waals surface area contributed by atoms with Crippen molar-refractivity contribution in [3.63, 3.8) is 0 Å². The highest BCUT2D eigenvalue weighted by Crippen LogP contribution is 2.53. The van der Waals surface area contributed by atoms with Crippen LogP contribution in [0.15, 0.2) is 24.3 Å². The zero-order valence-corrected chi connectivity index (χ0v) is 25.2. The van der Waals surface area contributed by atoms with Crippen LogP contribution < -0.4 is 9.47 Å². The van der Waals surface area contributed by atoms with Crippen molar-refractivity contribution in [2.24, 2.45) is 11.8 Å². The van der Waals surface area contributed by atoms with Gasteiger partial charge in [-0.2, -0.15) is 0 Å². The van der Waals surface area contributed by atoms with E-state index in [2.05, 4.69) is 0 Å². The van der Waals surface area contributed by atoms with E-state index >= 15 is 0 Å². The van der Waals surface area contributed by atoms with E-state index in [1.165, 1.54) is 24.3 Å². The average molecular weight is 639 g/mol. The predicted molar refractivity (Wildman–Crippen MR) is 151 cm³/mol. The number of methoxy groups -OCH3 is 2. The Hall–Kier alpha value is -5.14. The number of phenols is 2. The molecule has 6 rings (SSSR count). The molecule has 2 aromatic rings. The maximum atomic E-state index is 13.7. The molecule has 0 spiro atoms. The zero-order valence-electron chi connectivity index (χ0n) is 25.2. The normalized spacial score (nSPS) is 29.9. The van der Waals surface area contributed by atoms with Gasteiger partial charge in [-0.05, 0) is 24.3 Å². The van der Waals surface area contributed by atoms with Crippen LogP contribution in [0.2, 0.25) is 0 Å². The fraction of sp³-hybridized carbons (Fsp3) is 0.438. The summed E-state index contributed by atoms with van der Waals surface area (Å²) in [5.74, 6) is -7.46. The number of rotatable bonds is 5. The molecule has 0 aromatic heterocycles. The fourth-order valence-corrected chi connectivity index (χ4v) is 6.99. The van der Waals surface area contributed by atoms with Gasteiger partial charge in [0.25, 0.3) is 0 Å².